The van der Waals surface area contributed by atoms with Crippen LogP contribution in [0.1, 0.15) is 52.0 Å². The summed E-state index contributed by atoms with van der Waals surface area (Å²) in [6.07, 6.45) is 6.89. The zero-order chi connectivity index (χ0) is 22.9. The SMILES string of the molecule is COc1cc(C)c2[nH]ccc2c1CN1CCC(n2cncn2)C[C@@H]1c1ccccc1C(=O)O. The molecule has 1 aliphatic rings. The van der Waals surface area contributed by atoms with Crippen LogP contribution in [0.2, 0.25) is 0 Å². The van der Waals surface area contributed by atoms with Crippen LogP contribution >= 0.6 is 0 Å². The van der Waals surface area contributed by atoms with Crippen LogP contribution < -0.4 is 4.74 Å². The van der Waals surface area contributed by atoms with Crippen molar-refractivity contribution in [3.05, 3.63) is 77.5 Å². The number of carbonyl (C=O) groups is 1. The van der Waals surface area contributed by atoms with E-state index in [1.54, 1.807) is 31.9 Å². The molecule has 2 N–H and O–H groups in total. The van der Waals surface area contributed by atoms with Crippen LogP contribution in [-0.4, -0.2) is 49.4 Å². The van der Waals surface area contributed by atoms with Gasteiger partial charge < -0.3 is 14.8 Å². The Hall–Kier alpha value is -3.65. The summed E-state index contributed by atoms with van der Waals surface area (Å²) >= 11 is 0. The number of ether oxygens (including phenoxy) is 1. The lowest BCUT2D eigenvalue weighted by Crippen LogP contribution is -2.38. The van der Waals surface area contributed by atoms with Crippen LogP contribution in [0.3, 0.4) is 0 Å². The van der Waals surface area contributed by atoms with Gasteiger partial charge in [-0.2, -0.15) is 5.10 Å². The Balaban J connectivity index is 1.57. The highest BCUT2D eigenvalue weighted by Gasteiger charge is 2.34. The van der Waals surface area contributed by atoms with E-state index in [-0.39, 0.29) is 12.1 Å². The smallest absolute Gasteiger partial charge is 0.336 e. The fraction of sp³-hybridized carbons (Fsp3) is 0.320. The molecule has 4 aromatic rings. The van der Waals surface area contributed by atoms with Gasteiger partial charge in [0.05, 0.1) is 18.7 Å². The largest absolute Gasteiger partial charge is 0.496 e. The van der Waals surface area contributed by atoms with Crippen molar-refractivity contribution in [1.29, 1.82) is 0 Å². The van der Waals surface area contributed by atoms with E-state index in [4.69, 9.17) is 4.74 Å². The Morgan fingerprint density at radius 3 is 2.91 bits per heavy atom. The average molecular weight is 446 g/mol. The molecule has 2 aromatic heterocycles. The third kappa shape index (κ3) is 3.87. The summed E-state index contributed by atoms with van der Waals surface area (Å²) in [6, 6.07) is 11.5. The Morgan fingerprint density at radius 1 is 1.30 bits per heavy atom. The van der Waals surface area contributed by atoms with E-state index in [1.807, 2.05) is 23.0 Å². The number of piperidine rings is 1. The number of hydrogen-bond donors (Lipinski definition) is 2. The number of rotatable bonds is 6. The summed E-state index contributed by atoms with van der Waals surface area (Å²) in [6.45, 7) is 3.52. The summed E-state index contributed by atoms with van der Waals surface area (Å²) in [5.41, 5.74) is 4.51. The molecule has 33 heavy (non-hydrogen) atoms. The first kappa shape index (κ1) is 21.2. The molecular weight excluding hydrogens is 418 g/mol. The number of benzene rings is 2. The van der Waals surface area contributed by atoms with Gasteiger partial charge in [0.2, 0.25) is 0 Å². The predicted molar refractivity (Wildman–Crippen MR) is 124 cm³/mol. The second-order valence-electron chi connectivity index (χ2n) is 8.57. The minimum atomic E-state index is -0.908. The van der Waals surface area contributed by atoms with Gasteiger partial charge in [-0.25, -0.2) is 14.5 Å². The van der Waals surface area contributed by atoms with Crippen LogP contribution in [0.25, 0.3) is 10.9 Å². The van der Waals surface area contributed by atoms with Crippen molar-refractivity contribution >= 4 is 16.9 Å². The molecule has 3 heterocycles. The van der Waals surface area contributed by atoms with Gasteiger partial charge in [0.1, 0.15) is 18.4 Å². The molecule has 0 aliphatic carbocycles. The van der Waals surface area contributed by atoms with E-state index >= 15 is 0 Å². The fourth-order valence-corrected chi connectivity index (χ4v) is 5.12. The maximum atomic E-state index is 12.0. The molecule has 5 rings (SSSR count). The third-order valence-electron chi connectivity index (χ3n) is 6.74. The number of hydrogen-bond acceptors (Lipinski definition) is 5. The van der Waals surface area contributed by atoms with E-state index in [0.717, 1.165) is 52.7 Å². The Bertz CT molecular complexity index is 1280. The Morgan fingerprint density at radius 2 is 2.15 bits per heavy atom. The van der Waals surface area contributed by atoms with Gasteiger partial charge in [-0.3, -0.25) is 4.90 Å². The van der Waals surface area contributed by atoms with Gasteiger partial charge in [0, 0.05) is 41.8 Å². The number of H-pyrrole nitrogens is 1. The number of aromatic amines is 1. The van der Waals surface area contributed by atoms with E-state index in [2.05, 4.69) is 39.0 Å². The van der Waals surface area contributed by atoms with Gasteiger partial charge >= 0.3 is 5.97 Å². The maximum absolute atomic E-state index is 12.0. The van der Waals surface area contributed by atoms with E-state index in [0.29, 0.717) is 12.1 Å². The van der Waals surface area contributed by atoms with Crippen LogP contribution in [0.15, 0.2) is 55.2 Å². The topological polar surface area (TPSA) is 96.3 Å². The van der Waals surface area contributed by atoms with Crippen molar-refractivity contribution in [3.63, 3.8) is 0 Å². The lowest BCUT2D eigenvalue weighted by Gasteiger charge is -2.40. The highest BCUT2D eigenvalue weighted by molar-refractivity contribution is 5.90. The zero-order valence-corrected chi connectivity index (χ0v) is 18.7. The number of nitrogens with zero attached hydrogens (tertiary/aromatic N) is 4. The summed E-state index contributed by atoms with van der Waals surface area (Å²) in [5, 5.41) is 15.4. The molecule has 2 aromatic carbocycles. The number of aromatic nitrogens is 4. The number of nitrogens with one attached hydrogen (secondary N) is 1. The Kier molecular flexibility index (Phi) is 5.60. The lowest BCUT2D eigenvalue weighted by molar-refractivity contribution is 0.0682. The molecular formula is C25H27N5O3. The van der Waals surface area contributed by atoms with Gasteiger partial charge in [-0.05, 0) is 49.1 Å². The molecule has 0 amide bonds. The molecule has 1 saturated heterocycles. The monoisotopic (exact) mass is 445 g/mol. The summed E-state index contributed by atoms with van der Waals surface area (Å²) in [5.74, 6) is -0.0577. The van der Waals surface area contributed by atoms with Crippen LogP contribution in [0.5, 0.6) is 5.75 Å². The number of carboxylic acids is 1. The fourth-order valence-electron chi connectivity index (χ4n) is 5.12. The van der Waals surface area contributed by atoms with E-state index in [1.165, 1.54) is 0 Å². The maximum Gasteiger partial charge on any atom is 0.336 e. The quantitative estimate of drug-likeness (QED) is 0.458. The summed E-state index contributed by atoms with van der Waals surface area (Å²) < 4.78 is 7.66. The normalized spacial score (nSPS) is 19.1. The van der Waals surface area contributed by atoms with Gasteiger partial charge in [0.15, 0.2) is 0 Å². The first-order valence-corrected chi connectivity index (χ1v) is 11.1. The second kappa shape index (κ2) is 8.71. The number of carboxylic acid groups (broad SMARTS) is 1. The van der Waals surface area contributed by atoms with Crippen molar-refractivity contribution in [2.75, 3.05) is 13.7 Å². The van der Waals surface area contributed by atoms with Crippen molar-refractivity contribution in [2.45, 2.75) is 38.4 Å². The highest BCUT2D eigenvalue weighted by atomic mass is 16.5. The van der Waals surface area contributed by atoms with E-state index < -0.39 is 5.97 Å². The number of aromatic carboxylic acids is 1. The van der Waals surface area contributed by atoms with Crippen molar-refractivity contribution in [2.24, 2.45) is 0 Å². The first-order chi connectivity index (χ1) is 16.1. The number of aryl methyl sites for hydroxylation is 1. The van der Waals surface area contributed by atoms with Gasteiger partial charge in [0.25, 0.3) is 0 Å². The third-order valence-corrected chi connectivity index (χ3v) is 6.74. The van der Waals surface area contributed by atoms with Crippen molar-refractivity contribution in [1.82, 2.24) is 24.6 Å². The van der Waals surface area contributed by atoms with Gasteiger partial charge in [-0.15, -0.1) is 0 Å². The van der Waals surface area contributed by atoms with Crippen molar-refractivity contribution in [3.8, 4) is 5.75 Å². The van der Waals surface area contributed by atoms with E-state index in [9.17, 15) is 9.90 Å². The van der Waals surface area contributed by atoms with Crippen LogP contribution in [0, 0.1) is 6.92 Å². The number of methoxy groups -OCH3 is 1. The molecule has 0 bridgehead atoms. The molecule has 8 heteroatoms. The van der Waals surface area contributed by atoms with Crippen LogP contribution in [-0.2, 0) is 6.54 Å². The second-order valence-corrected chi connectivity index (χ2v) is 8.57. The number of likely N-dealkylation sites (tertiary alicyclic amines) is 1. The molecule has 0 radical (unpaired) electrons. The summed E-state index contributed by atoms with van der Waals surface area (Å²) in [4.78, 5) is 21.9. The molecule has 1 aliphatic heterocycles. The van der Waals surface area contributed by atoms with Crippen molar-refractivity contribution < 1.29 is 14.6 Å². The minimum absolute atomic E-state index is 0.0831. The molecule has 8 nitrogen and oxygen atoms in total. The molecule has 1 unspecified atom stereocenters. The van der Waals surface area contributed by atoms with Gasteiger partial charge in [-0.1, -0.05) is 18.2 Å². The molecule has 1 fully saturated rings. The standard InChI is InChI=1S/C25H27N5O3/c1-16-11-23(33-2)21(19-7-9-27-24(16)19)13-29-10-8-17(30-15-26-14-28-30)12-22(29)18-5-3-4-6-20(18)25(31)32/h3-7,9,11,14-15,17,22,27H,8,10,12-13H2,1-2H3,(H,31,32)/t17?,22-/m1/s1. The Labute approximate surface area is 191 Å². The zero-order valence-electron chi connectivity index (χ0n) is 18.7. The highest BCUT2D eigenvalue weighted by Crippen LogP contribution is 2.41. The summed E-state index contributed by atoms with van der Waals surface area (Å²) in [7, 11) is 1.70. The predicted octanol–water partition coefficient (Wildman–Crippen LogP) is 4.35. The lowest BCUT2D eigenvalue weighted by atomic mass is 9.88. The molecule has 0 saturated carbocycles. The molecule has 170 valence electrons. The molecule has 0 spiro atoms. The first-order valence-electron chi connectivity index (χ1n) is 11.1. The minimum Gasteiger partial charge on any atom is -0.496 e. The van der Waals surface area contributed by atoms with Crippen LogP contribution in [0.4, 0.5) is 0 Å². The molecule has 2 atom stereocenters. The average Bonchev–Trinajstić information content (AvgIpc) is 3.54. The number of fused-ring (bicyclic) bond motifs is 1.